The van der Waals surface area contributed by atoms with Crippen LogP contribution < -0.4 is 5.32 Å². The van der Waals surface area contributed by atoms with Gasteiger partial charge in [-0.15, -0.1) is 0 Å². The maximum atomic E-state index is 11.5. The maximum absolute atomic E-state index is 11.5. The van der Waals surface area contributed by atoms with Crippen LogP contribution in [0.4, 0.5) is 0 Å². The van der Waals surface area contributed by atoms with Gasteiger partial charge in [-0.2, -0.15) is 0 Å². The molecule has 1 aliphatic rings. The molecule has 17 heavy (non-hydrogen) atoms. The molecule has 0 aliphatic carbocycles. The lowest BCUT2D eigenvalue weighted by Gasteiger charge is -2.13. The van der Waals surface area contributed by atoms with Gasteiger partial charge in [-0.05, 0) is 51.4 Å². The molecule has 2 heterocycles. The van der Waals surface area contributed by atoms with Crippen molar-refractivity contribution in [1.82, 2.24) is 10.2 Å². The van der Waals surface area contributed by atoms with Gasteiger partial charge in [-0.25, -0.2) is 0 Å². The van der Waals surface area contributed by atoms with E-state index < -0.39 is 0 Å². The van der Waals surface area contributed by atoms with E-state index in [1.807, 2.05) is 0 Å². The van der Waals surface area contributed by atoms with Crippen molar-refractivity contribution in [2.45, 2.75) is 25.7 Å². The number of nitrogens with zero attached hydrogens (tertiary/aromatic N) is 1. The first-order valence-corrected chi connectivity index (χ1v) is 6.39. The molecular weight excluding hydrogens is 216 g/mol. The van der Waals surface area contributed by atoms with Crippen LogP contribution in [0.15, 0.2) is 23.0 Å². The summed E-state index contributed by atoms with van der Waals surface area (Å²) in [6, 6.07) is 1.68. The Bertz CT molecular complexity index is 329. The summed E-state index contributed by atoms with van der Waals surface area (Å²) >= 11 is 0. The first-order valence-electron chi connectivity index (χ1n) is 6.39. The third-order valence-corrected chi connectivity index (χ3v) is 3.17. The molecule has 1 fully saturated rings. The number of nitrogens with one attached hydrogen (secondary N) is 1. The van der Waals surface area contributed by atoms with E-state index in [9.17, 15) is 4.79 Å². The number of unbranched alkanes of at least 4 members (excludes halogenated alkanes) is 1. The van der Waals surface area contributed by atoms with Crippen LogP contribution in [0.1, 0.15) is 36.0 Å². The predicted octanol–water partition coefficient (Wildman–Crippen LogP) is 1.89. The van der Waals surface area contributed by atoms with Gasteiger partial charge in [0.1, 0.15) is 6.26 Å². The van der Waals surface area contributed by atoms with E-state index in [0.717, 1.165) is 19.4 Å². The highest BCUT2D eigenvalue weighted by molar-refractivity contribution is 5.93. The minimum atomic E-state index is -0.0417. The normalized spacial score (nSPS) is 16.2. The highest BCUT2D eigenvalue weighted by Crippen LogP contribution is 2.08. The number of carbonyl (C=O) groups is 1. The van der Waals surface area contributed by atoms with E-state index in [0.29, 0.717) is 5.56 Å². The molecule has 0 bridgehead atoms. The quantitative estimate of drug-likeness (QED) is 0.767. The number of rotatable bonds is 6. The molecule has 1 amide bonds. The smallest absolute Gasteiger partial charge is 0.254 e. The van der Waals surface area contributed by atoms with E-state index in [2.05, 4.69) is 10.2 Å². The van der Waals surface area contributed by atoms with Gasteiger partial charge in [0, 0.05) is 6.54 Å². The van der Waals surface area contributed by atoms with Crippen molar-refractivity contribution in [2.24, 2.45) is 0 Å². The second-order valence-corrected chi connectivity index (χ2v) is 4.52. The van der Waals surface area contributed by atoms with Gasteiger partial charge in [0.25, 0.3) is 5.91 Å². The fourth-order valence-corrected chi connectivity index (χ4v) is 2.16. The molecule has 0 saturated carbocycles. The summed E-state index contributed by atoms with van der Waals surface area (Å²) in [5.74, 6) is -0.0417. The zero-order valence-corrected chi connectivity index (χ0v) is 10.2. The Hall–Kier alpha value is -1.29. The molecule has 1 aromatic heterocycles. The summed E-state index contributed by atoms with van der Waals surface area (Å²) < 4.78 is 4.86. The monoisotopic (exact) mass is 236 g/mol. The first kappa shape index (κ1) is 12.2. The minimum absolute atomic E-state index is 0.0417. The Balaban J connectivity index is 1.52. The molecule has 4 nitrogen and oxygen atoms in total. The number of amides is 1. The fourth-order valence-electron chi connectivity index (χ4n) is 2.16. The molecule has 4 heteroatoms. The molecular formula is C13H20N2O2. The second-order valence-electron chi connectivity index (χ2n) is 4.52. The predicted molar refractivity (Wildman–Crippen MR) is 65.9 cm³/mol. The van der Waals surface area contributed by atoms with E-state index in [1.54, 1.807) is 6.07 Å². The topological polar surface area (TPSA) is 45.5 Å². The molecule has 1 aliphatic heterocycles. The lowest BCUT2D eigenvalue weighted by Crippen LogP contribution is -2.25. The van der Waals surface area contributed by atoms with E-state index in [-0.39, 0.29) is 5.91 Å². The molecule has 0 aromatic carbocycles. The van der Waals surface area contributed by atoms with Gasteiger partial charge in [-0.3, -0.25) is 4.79 Å². The van der Waals surface area contributed by atoms with Crippen molar-refractivity contribution in [3.05, 3.63) is 24.2 Å². The van der Waals surface area contributed by atoms with E-state index in [4.69, 9.17) is 4.42 Å². The van der Waals surface area contributed by atoms with Gasteiger partial charge in [0.05, 0.1) is 11.8 Å². The highest BCUT2D eigenvalue weighted by Gasteiger charge is 2.10. The number of hydrogen-bond donors (Lipinski definition) is 1. The Morgan fingerprint density at radius 2 is 2.18 bits per heavy atom. The van der Waals surface area contributed by atoms with Crippen molar-refractivity contribution in [3.8, 4) is 0 Å². The standard InChI is InChI=1S/C13H20N2O2/c16-13(12-5-10-17-11-12)14-6-1-2-7-15-8-3-4-9-15/h5,10-11H,1-4,6-9H2,(H,14,16). The number of carbonyl (C=O) groups excluding carboxylic acids is 1. The van der Waals surface area contributed by atoms with Gasteiger partial charge in [0.15, 0.2) is 0 Å². The lowest BCUT2D eigenvalue weighted by molar-refractivity contribution is 0.0952. The SMILES string of the molecule is O=C(NCCCCN1CCCC1)c1ccoc1. The first-order chi connectivity index (χ1) is 8.36. The van der Waals surface area contributed by atoms with Crippen LogP contribution >= 0.6 is 0 Å². The molecule has 0 atom stereocenters. The molecule has 0 unspecified atom stereocenters. The van der Waals surface area contributed by atoms with E-state index >= 15 is 0 Å². The summed E-state index contributed by atoms with van der Waals surface area (Å²) in [5.41, 5.74) is 0.601. The lowest BCUT2D eigenvalue weighted by atomic mass is 10.2. The van der Waals surface area contributed by atoms with Crippen molar-refractivity contribution >= 4 is 5.91 Å². The minimum Gasteiger partial charge on any atom is -0.472 e. The van der Waals surface area contributed by atoms with Gasteiger partial charge in [-0.1, -0.05) is 0 Å². The van der Waals surface area contributed by atoms with Gasteiger partial charge < -0.3 is 14.6 Å². The zero-order valence-electron chi connectivity index (χ0n) is 10.2. The largest absolute Gasteiger partial charge is 0.472 e. The third-order valence-electron chi connectivity index (χ3n) is 3.17. The Morgan fingerprint density at radius 1 is 1.35 bits per heavy atom. The fraction of sp³-hybridized carbons (Fsp3) is 0.615. The average molecular weight is 236 g/mol. The van der Waals surface area contributed by atoms with Crippen LogP contribution in [0.5, 0.6) is 0 Å². The molecule has 1 aromatic rings. The average Bonchev–Trinajstić information content (AvgIpc) is 3.01. The number of hydrogen-bond acceptors (Lipinski definition) is 3. The summed E-state index contributed by atoms with van der Waals surface area (Å²) in [6.45, 7) is 4.42. The van der Waals surface area contributed by atoms with Crippen LogP contribution in [0.25, 0.3) is 0 Å². The van der Waals surface area contributed by atoms with Crippen molar-refractivity contribution in [3.63, 3.8) is 0 Å². The third kappa shape index (κ3) is 3.89. The van der Waals surface area contributed by atoms with Crippen LogP contribution in [-0.2, 0) is 0 Å². The molecule has 1 N–H and O–H groups in total. The van der Waals surface area contributed by atoms with Crippen LogP contribution in [0.3, 0.4) is 0 Å². The second kappa shape index (κ2) is 6.45. The van der Waals surface area contributed by atoms with Gasteiger partial charge >= 0.3 is 0 Å². The molecule has 0 spiro atoms. The van der Waals surface area contributed by atoms with Gasteiger partial charge in [0.2, 0.25) is 0 Å². The van der Waals surface area contributed by atoms with Crippen LogP contribution in [0, 0.1) is 0 Å². The van der Waals surface area contributed by atoms with Crippen molar-refractivity contribution < 1.29 is 9.21 Å². The molecule has 1 saturated heterocycles. The molecule has 94 valence electrons. The summed E-state index contributed by atoms with van der Waals surface area (Å²) in [7, 11) is 0. The van der Waals surface area contributed by atoms with Crippen LogP contribution in [0.2, 0.25) is 0 Å². The highest BCUT2D eigenvalue weighted by atomic mass is 16.3. The summed E-state index contributed by atoms with van der Waals surface area (Å²) in [4.78, 5) is 14.0. The molecule has 0 radical (unpaired) electrons. The summed E-state index contributed by atoms with van der Waals surface area (Å²) in [5, 5.41) is 2.89. The Morgan fingerprint density at radius 3 is 2.88 bits per heavy atom. The Kier molecular flexibility index (Phi) is 4.62. The van der Waals surface area contributed by atoms with Crippen molar-refractivity contribution in [1.29, 1.82) is 0 Å². The van der Waals surface area contributed by atoms with E-state index in [1.165, 1.54) is 45.0 Å². The molecule has 2 rings (SSSR count). The van der Waals surface area contributed by atoms with Crippen molar-refractivity contribution in [2.75, 3.05) is 26.2 Å². The zero-order chi connectivity index (χ0) is 11.9. The Labute approximate surface area is 102 Å². The van der Waals surface area contributed by atoms with Crippen LogP contribution in [-0.4, -0.2) is 37.0 Å². The maximum Gasteiger partial charge on any atom is 0.254 e. The summed E-state index contributed by atoms with van der Waals surface area (Å²) in [6.07, 6.45) is 7.88. The number of furan rings is 1. The number of likely N-dealkylation sites (tertiary alicyclic amines) is 1.